The molecule has 0 saturated heterocycles. The van der Waals surface area contributed by atoms with Crippen molar-refractivity contribution in [1.29, 1.82) is 0 Å². The highest BCUT2D eigenvalue weighted by atomic mass is 79.9. The minimum absolute atomic E-state index is 0.172. The summed E-state index contributed by atoms with van der Waals surface area (Å²) in [4.78, 5) is 14.5. The predicted octanol–water partition coefficient (Wildman–Crippen LogP) is 3.31. The van der Waals surface area contributed by atoms with Crippen molar-refractivity contribution in [2.24, 2.45) is 0 Å². The molecular weight excluding hydrogens is 356 g/mol. The van der Waals surface area contributed by atoms with Gasteiger partial charge in [0.25, 0.3) is 5.91 Å². The van der Waals surface area contributed by atoms with E-state index in [1.807, 2.05) is 0 Å². The molecule has 0 heterocycles. The molecule has 0 bridgehead atoms. The second kappa shape index (κ2) is 9.59. The van der Waals surface area contributed by atoms with Crippen LogP contribution in [0.4, 0.5) is 0 Å². The van der Waals surface area contributed by atoms with Gasteiger partial charge in [-0.15, -0.1) is 0 Å². The molecule has 0 aliphatic heterocycles. The fourth-order valence-electron chi connectivity index (χ4n) is 2.20. The van der Waals surface area contributed by atoms with Gasteiger partial charge in [-0.3, -0.25) is 9.69 Å². The zero-order valence-electron chi connectivity index (χ0n) is 14.4. The van der Waals surface area contributed by atoms with Crippen LogP contribution in [0.2, 0.25) is 0 Å². The van der Waals surface area contributed by atoms with Gasteiger partial charge in [0.05, 0.1) is 25.8 Å². The van der Waals surface area contributed by atoms with Crippen molar-refractivity contribution < 1.29 is 9.53 Å². The molecule has 0 radical (unpaired) electrons. The van der Waals surface area contributed by atoms with Gasteiger partial charge in [-0.25, -0.2) is 0 Å². The number of benzene rings is 1. The quantitative estimate of drug-likeness (QED) is 0.769. The number of methoxy groups -OCH3 is 1. The van der Waals surface area contributed by atoms with Gasteiger partial charge in [-0.1, -0.05) is 11.8 Å². The first-order valence-corrected chi connectivity index (χ1v) is 8.49. The minimum atomic E-state index is -0.172. The lowest BCUT2D eigenvalue weighted by molar-refractivity contribution is 0.0957. The van der Waals surface area contributed by atoms with Gasteiger partial charge in [0.15, 0.2) is 0 Å². The van der Waals surface area contributed by atoms with Crippen LogP contribution in [0.5, 0.6) is 5.75 Å². The number of nitrogens with one attached hydrogen (secondary N) is 1. The maximum atomic E-state index is 12.2. The molecule has 23 heavy (non-hydrogen) atoms. The summed E-state index contributed by atoms with van der Waals surface area (Å²) in [6.07, 6.45) is 0. The third kappa shape index (κ3) is 6.25. The SMILES string of the molecule is COc1ccc(Br)c(C(=O)NCC#CCN(C(C)C)C(C)C)c1. The van der Waals surface area contributed by atoms with E-state index in [1.54, 1.807) is 25.3 Å². The maximum absolute atomic E-state index is 12.2. The number of rotatable bonds is 6. The van der Waals surface area contributed by atoms with Crippen molar-refractivity contribution in [3.63, 3.8) is 0 Å². The highest BCUT2D eigenvalue weighted by Crippen LogP contribution is 2.22. The van der Waals surface area contributed by atoms with Crippen molar-refractivity contribution in [2.75, 3.05) is 20.2 Å². The Bertz CT molecular complexity index is 580. The molecule has 5 heteroatoms. The Hall–Kier alpha value is -1.51. The molecule has 1 aromatic rings. The van der Waals surface area contributed by atoms with Gasteiger partial charge < -0.3 is 10.1 Å². The highest BCUT2D eigenvalue weighted by Gasteiger charge is 2.11. The first kappa shape index (κ1) is 19.5. The third-order valence-corrected chi connectivity index (χ3v) is 4.16. The van der Waals surface area contributed by atoms with Gasteiger partial charge in [0, 0.05) is 16.6 Å². The lowest BCUT2D eigenvalue weighted by atomic mass is 10.2. The van der Waals surface area contributed by atoms with E-state index >= 15 is 0 Å². The van der Waals surface area contributed by atoms with Crippen molar-refractivity contribution >= 4 is 21.8 Å². The zero-order chi connectivity index (χ0) is 17.4. The summed E-state index contributed by atoms with van der Waals surface area (Å²) >= 11 is 3.37. The Labute approximate surface area is 147 Å². The van der Waals surface area contributed by atoms with Crippen LogP contribution in [0, 0.1) is 11.8 Å². The summed E-state index contributed by atoms with van der Waals surface area (Å²) in [7, 11) is 1.57. The summed E-state index contributed by atoms with van der Waals surface area (Å²) < 4.78 is 5.87. The lowest BCUT2D eigenvalue weighted by Gasteiger charge is -2.28. The van der Waals surface area contributed by atoms with Crippen LogP contribution in [0.15, 0.2) is 22.7 Å². The number of halogens is 1. The molecule has 0 aromatic heterocycles. The van der Waals surface area contributed by atoms with Crippen LogP contribution in [0.3, 0.4) is 0 Å². The summed E-state index contributed by atoms with van der Waals surface area (Å²) in [5.41, 5.74) is 0.539. The van der Waals surface area contributed by atoms with E-state index in [-0.39, 0.29) is 5.91 Å². The van der Waals surface area contributed by atoms with Crippen LogP contribution >= 0.6 is 15.9 Å². The Morgan fingerprint density at radius 1 is 1.26 bits per heavy atom. The fourth-order valence-corrected chi connectivity index (χ4v) is 2.62. The molecule has 126 valence electrons. The monoisotopic (exact) mass is 380 g/mol. The van der Waals surface area contributed by atoms with Gasteiger partial charge >= 0.3 is 0 Å². The normalized spacial score (nSPS) is 10.7. The summed E-state index contributed by atoms with van der Waals surface area (Å²) in [5.74, 6) is 6.60. The molecule has 0 aliphatic rings. The molecule has 1 aromatic carbocycles. The van der Waals surface area contributed by atoms with Crippen LogP contribution in [0.25, 0.3) is 0 Å². The molecule has 0 fully saturated rings. The van der Waals surface area contributed by atoms with Gasteiger partial charge in [0.1, 0.15) is 5.75 Å². The second-order valence-electron chi connectivity index (χ2n) is 5.74. The van der Waals surface area contributed by atoms with E-state index in [9.17, 15) is 4.79 Å². The molecule has 0 saturated carbocycles. The smallest absolute Gasteiger partial charge is 0.253 e. The molecule has 0 atom stereocenters. The zero-order valence-corrected chi connectivity index (χ0v) is 16.0. The van der Waals surface area contributed by atoms with E-state index in [0.717, 1.165) is 4.47 Å². The summed E-state index contributed by atoms with van der Waals surface area (Å²) in [6, 6.07) is 6.19. The Morgan fingerprint density at radius 3 is 2.48 bits per heavy atom. The number of amides is 1. The van der Waals surface area contributed by atoms with Crippen molar-refractivity contribution in [3.8, 4) is 17.6 Å². The van der Waals surface area contributed by atoms with Crippen LogP contribution in [-0.2, 0) is 0 Å². The van der Waals surface area contributed by atoms with E-state index in [0.29, 0.717) is 36.5 Å². The average Bonchev–Trinajstić information content (AvgIpc) is 2.50. The molecule has 0 unspecified atom stereocenters. The van der Waals surface area contributed by atoms with Gasteiger partial charge in [0.2, 0.25) is 0 Å². The van der Waals surface area contributed by atoms with Gasteiger partial charge in [-0.2, -0.15) is 0 Å². The Morgan fingerprint density at radius 2 is 1.91 bits per heavy atom. The number of hydrogen-bond donors (Lipinski definition) is 1. The molecule has 4 nitrogen and oxygen atoms in total. The number of ether oxygens (including phenoxy) is 1. The topological polar surface area (TPSA) is 41.6 Å². The first-order valence-electron chi connectivity index (χ1n) is 7.70. The molecule has 1 rings (SSSR count). The third-order valence-electron chi connectivity index (χ3n) is 3.47. The second-order valence-corrected chi connectivity index (χ2v) is 6.60. The van der Waals surface area contributed by atoms with Crippen molar-refractivity contribution in [3.05, 3.63) is 28.2 Å². The summed E-state index contributed by atoms with van der Waals surface area (Å²) in [6.45, 7) is 9.65. The molecule has 0 spiro atoms. The number of hydrogen-bond acceptors (Lipinski definition) is 3. The van der Waals surface area contributed by atoms with E-state index in [4.69, 9.17) is 4.74 Å². The Balaban J connectivity index is 2.57. The molecular formula is C18H25BrN2O2. The van der Waals surface area contributed by atoms with Crippen LogP contribution in [0.1, 0.15) is 38.1 Å². The Kier molecular flexibility index (Phi) is 8.15. The van der Waals surface area contributed by atoms with Gasteiger partial charge in [-0.05, 0) is 61.8 Å². The average molecular weight is 381 g/mol. The number of carbonyl (C=O) groups excluding carboxylic acids is 1. The highest BCUT2D eigenvalue weighted by molar-refractivity contribution is 9.10. The van der Waals surface area contributed by atoms with E-state index in [1.165, 1.54) is 0 Å². The van der Waals surface area contributed by atoms with E-state index in [2.05, 4.69) is 65.7 Å². The predicted molar refractivity (Wildman–Crippen MR) is 97.8 cm³/mol. The molecule has 1 amide bonds. The lowest BCUT2D eigenvalue weighted by Crippen LogP contribution is -2.37. The first-order chi connectivity index (χ1) is 10.9. The van der Waals surface area contributed by atoms with Crippen LogP contribution < -0.4 is 10.1 Å². The largest absolute Gasteiger partial charge is 0.497 e. The molecule has 0 aliphatic carbocycles. The fraction of sp³-hybridized carbons (Fsp3) is 0.500. The van der Waals surface area contributed by atoms with Crippen molar-refractivity contribution in [1.82, 2.24) is 10.2 Å². The van der Waals surface area contributed by atoms with Crippen LogP contribution in [-0.4, -0.2) is 43.1 Å². The van der Waals surface area contributed by atoms with Crippen molar-refractivity contribution in [2.45, 2.75) is 39.8 Å². The summed E-state index contributed by atoms with van der Waals surface area (Å²) in [5, 5.41) is 2.81. The number of carbonyl (C=O) groups is 1. The standard InChI is InChI=1S/C18H25BrN2O2/c1-13(2)21(14(3)4)11-7-6-10-20-18(22)16-12-15(23-5)8-9-17(16)19/h8-9,12-14H,10-11H2,1-5H3,(H,20,22). The minimum Gasteiger partial charge on any atom is -0.497 e. The molecule has 1 N–H and O–H groups in total. The maximum Gasteiger partial charge on any atom is 0.253 e. The number of nitrogens with zero attached hydrogens (tertiary/aromatic N) is 1. The van der Waals surface area contributed by atoms with E-state index < -0.39 is 0 Å².